The Hall–Kier alpha value is -3.41. The number of nitrogens with one attached hydrogen (secondary N) is 1. The number of aromatic nitrogens is 4. The second-order valence-corrected chi connectivity index (χ2v) is 8.88. The number of benzene rings is 2. The first-order chi connectivity index (χ1) is 15.2. The van der Waals surface area contributed by atoms with Crippen LogP contribution in [0.3, 0.4) is 0 Å². The summed E-state index contributed by atoms with van der Waals surface area (Å²) in [5, 5.41) is 9.77. The molecule has 6 nitrogen and oxygen atoms in total. The maximum Gasteiger partial charge on any atom is 0.225 e. The molecule has 1 atom stereocenters. The van der Waals surface area contributed by atoms with Crippen LogP contribution in [0, 0.1) is 11.8 Å². The van der Waals surface area contributed by atoms with Crippen LogP contribution in [0.2, 0.25) is 0 Å². The number of hydrogen-bond donors (Lipinski definition) is 1. The molecule has 1 N–H and O–H groups in total. The van der Waals surface area contributed by atoms with Crippen LogP contribution in [0.15, 0.2) is 61.1 Å². The first-order valence-electron chi connectivity index (χ1n) is 11.1. The van der Waals surface area contributed by atoms with Crippen LogP contribution >= 0.6 is 0 Å². The van der Waals surface area contributed by atoms with E-state index >= 15 is 0 Å². The zero-order valence-corrected chi connectivity index (χ0v) is 17.4. The van der Waals surface area contributed by atoms with Crippen LogP contribution in [0.1, 0.15) is 19.3 Å². The molecule has 1 aliphatic heterocycles. The lowest BCUT2D eigenvalue weighted by Crippen LogP contribution is -2.30. The van der Waals surface area contributed by atoms with Gasteiger partial charge >= 0.3 is 0 Å². The van der Waals surface area contributed by atoms with Gasteiger partial charge in [0.25, 0.3) is 0 Å². The van der Waals surface area contributed by atoms with E-state index in [1.807, 2.05) is 12.5 Å². The minimum Gasteiger partial charge on any atom is -0.361 e. The van der Waals surface area contributed by atoms with Crippen molar-refractivity contribution in [3.8, 4) is 22.5 Å². The van der Waals surface area contributed by atoms with Gasteiger partial charge in [0, 0.05) is 42.8 Å². The van der Waals surface area contributed by atoms with Gasteiger partial charge in [0.2, 0.25) is 5.91 Å². The third-order valence-corrected chi connectivity index (χ3v) is 6.62. The topological polar surface area (TPSA) is 66.8 Å². The minimum atomic E-state index is 0.306. The van der Waals surface area contributed by atoms with E-state index in [0.717, 1.165) is 55.8 Å². The Morgan fingerprint density at radius 1 is 1.00 bits per heavy atom. The lowest BCUT2D eigenvalue weighted by Gasteiger charge is -2.17. The number of carbonyl (C=O) groups excluding carboxylic acids is 1. The highest BCUT2D eigenvalue weighted by Crippen LogP contribution is 2.33. The van der Waals surface area contributed by atoms with E-state index in [4.69, 9.17) is 0 Å². The number of fused-ring (bicyclic) bond motifs is 1. The van der Waals surface area contributed by atoms with Gasteiger partial charge in [0.05, 0.1) is 0 Å². The van der Waals surface area contributed by atoms with Gasteiger partial charge in [-0.05, 0) is 59.9 Å². The van der Waals surface area contributed by atoms with E-state index < -0.39 is 0 Å². The summed E-state index contributed by atoms with van der Waals surface area (Å²) in [6.45, 7) is 2.59. The molecule has 0 radical (unpaired) electrons. The van der Waals surface area contributed by atoms with Gasteiger partial charge in [-0.3, -0.25) is 4.79 Å². The monoisotopic (exact) mass is 411 g/mol. The lowest BCUT2D eigenvalue weighted by molar-refractivity contribution is -0.131. The zero-order chi connectivity index (χ0) is 20.8. The largest absolute Gasteiger partial charge is 0.361 e. The third kappa shape index (κ3) is 3.52. The van der Waals surface area contributed by atoms with Crippen molar-refractivity contribution in [2.45, 2.75) is 25.8 Å². The summed E-state index contributed by atoms with van der Waals surface area (Å²) in [6.07, 6.45) is 6.98. The van der Waals surface area contributed by atoms with Gasteiger partial charge in [0.15, 0.2) is 5.82 Å². The summed E-state index contributed by atoms with van der Waals surface area (Å²) < 4.78 is 2.14. The third-order valence-electron chi connectivity index (χ3n) is 6.62. The number of aromatic amines is 1. The number of H-pyrrole nitrogens is 1. The standard InChI is InChI=1S/C25H25N5O/c31-25(20-5-6-20)29-12-10-17(14-29)15-30-16-27-28-24(30)19-3-1-18(2-4-19)21-7-8-23-22(13-21)9-11-26-23/h1-4,7-9,11,13,16-17,20,26H,5-6,10,12,14-15H2/t17-/m0/s1. The number of carbonyl (C=O) groups is 1. The predicted octanol–water partition coefficient (Wildman–Crippen LogP) is 4.35. The van der Waals surface area contributed by atoms with Crippen molar-refractivity contribution in [3.63, 3.8) is 0 Å². The van der Waals surface area contributed by atoms with E-state index in [1.54, 1.807) is 0 Å². The molecule has 1 saturated carbocycles. The van der Waals surface area contributed by atoms with Crippen molar-refractivity contribution >= 4 is 16.8 Å². The van der Waals surface area contributed by atoms with Crippen LogP contribution in [0.25, 0.3) is 33.4 Å². The lowest BCUT2D eigenvalue weighted by atomic mass is 10.0. The van der Waals surface area contributed by atoms with Gasteiger partial charge < -0.3 is 14.5 Å². The molecule has 2 fully saturated rings. The molecular weight excluding hydrogens is 386 g/mol. The van der Waals surface area contributed by atoms with Gasteiger partial charge in [-0.25, -0.2) is 0 Å². The Bertz CT molecular complexity index is 1230. The molecule has 31 heavy (non-hydrogen) atoms. The quantitative estimate of drug-likeness (QED) is 0.531. The minimum absolute atomic E-state index is 0.306. The Kier molecular flexibility index (Phi) is 4.37. The molecule has 2 aromatic carbocycles. The SMILES string of the molecule is O=C(C1CC1)N1CC[C@H](Cn2cnnc2-c2ccc(-c3ccc4[nH]ccc4c3)cc2)C1. The summed E-state index contributed by atoms with van der Waals surface area (Å²) in [4.78, 5) is 17.6. The molecule has 1 aliphatic carbocycles. The summed E-state index contributed by atoms with van der Waals surface area (Å²) in [5.74, 6) is 2.02. The molecule has 3 heterocycles. The Morgan fingerprint density at radius 2 is 1.81 bits per heavy atom. The summed E-state index contributed by atoms with van der Waals surface area (Å²) in [7, 11) is 0. The highest BCUT2D eigenvalue weighted by atomic mass is 16.2. The fourth-order valence-corrected chi connectivity index (χ4v) is 4.71. The number of rotatable bonds is 5. The molecule has 1 saturated heterocycles. The van der Waals surface area contributed by atoms with Gasteiger partial charge in [-0.15, -0.1) is 10.2 Å². The molecular formula is C25H25N5O. The van der Waals surface area contributed by atoms with Crippen LogP contribution in [0.5, 0.6) is 0 Å². The second-order valence-electron chi connectivity index (χ2n) is 8.88. The predicted molar refractivity (Wildman–Crippen MR) is 120 cm³/mol. The van der Waals surface area contributed by atoms with E-state index in [-0.39, 0.29) is 0 Å². The van der Waals surface area contributed by atoms with Crippen LogP contribution < -0.4 is 0 Å². The van der Waals surface area contributed by atoms with E-state index in [1.165, 1.54) is 16.5 Å². The Balaban J connectivity index is 1.18. The first-order valence-corrected chi connectivity index (χ1v) is 11.1. The average Bonchev–Trinajstić information content (AvgIpc) is 3.17. The van der Waals surface area contributed by atoms with Crippen molar-refractivity contribution in [2.24, 2.45) is 11.8 Å². The van der Waals surface area contributed by atoms with E-state index in [2.05, 4.69) is 73.2 Å². The van der Waals surface area contributed by atoms with Crippen LogP contribution in [-0.4, -0.2) is 43.6 Å². The fraction of sp³-hybridized carbons (Fsp3) is 0.320. The molecule has 6 heteroatoms. The van der Waals surface area contributed by atoms with Crippen molar-refractivity contribution in [2.75, 3.05) is 13.1 Å². The molecule has 0 bridgehead atoms. The maximum atomic E-state index is 12.3. The smallest absolute Gasteiger partial charge is 0.225 e. The Morgan fingerprint density at radius 3 is 2.65 bits per heavy atom. The summed E-state index contributed by atoms with van der Waals surface area (Å²) >= 11 is 0. The molecule has 156 valence electrons. The second kappa shape index (κ2) is 7.38. The molecule has 0 spiro atoms. The molecule has 1 amide bonds. The first kappa shape index (κ1) is 18.4. The van der Waals surface area contributed by atoms with Crippen LogP contribution in [0.4, 0.5) is 0 Å². The van der Waals surface area contributed by atoms with Gasteiger partial charge in [-0.2, -0.15) is 0 Å². The van der Waals surface area contributed by atoms with Crippen molar-refractivity contribution in [1.82, 2.24) is 24.6 Å². The maximum absolute atomic E-state index is 12.3. The highest BCUT2D eigenvalue weighted by Gasteiger charge is 2.36. The normalized spacial score (nSPS) is 18.7. The zero-order valence-electron chi connectivity index (χ0n) is 17.4. The summed E-state index contributed by atoms with van der Waals surface area (Å²) in [5.41, 5.74) is 4.60. The molecule has 4 aromatic rings. The molecule has 2 aromatic heterocycles. The fourth-order valence-electron chi connectivity index (χ4n) is 4.71. The molecule has 2 aliphatic rings. The van der Waals surface area contributed by atoms with Crippen LogP contribution in [-0.2, 0) is 11.3 Å². The van der Waals surface area contributed by atoms with Gasteiger partial charge in [0.1, 0.15) is 6.33 Å². The molecule has 6 rings (SSSR count). The van der Waals surface area contributed by atoms with Crippen molar-refractivity contribution in [1.29, 1.82) is 0 Å². The highest BCUT2D eigenvalue weighted by molar-refractivity contribution is 5.85. The van der Waals surface area contributed by atoms with Crippen molar-refractivity contribution in [3.05, 3.63) is 61.1 Å². The number of amides is 1. The Labute approximate surface area is 180 Å². The van der Waals surface area contributed by atoms with E-state index in [0.29, 0.717) is 17.7 Å². The molecule has 0 unspecified atom stereocenters. The van der Waals surface area contributed by atoms with Gasteiger partial charge in [-0.1, -0.05) is 30.3 Å². The van der Waals surface area contributed by atoms with Crippen molar-refractivity contribution < 1.29 is 4.79 Å². The van der Waals surface area contributed by atoms with E-state index in [9.17, 15) is 4.79 Å². The summed E-state index contributed by atoms with van der Waals surface area (Å²) in [6, 6.07) is 17.1. The number of likely N-dealkylation sites (tertiary alicyclic amines) is 1. The number of nitrogens with zero attached hydrogens (tertiary/aromatic N) is 4. The number of hydrogen-bond acceptors (Lipinski definition) is 3. The average molecular weight is 412 g/mol.